The van der Waals surface area contributed by atoms with E-state index in [2.05, 4.69) is 10.6 Å². The van der Waals surface area contributed by atoms with Crippen LogP contribution < -0.4 is 15.4 Å². The molecule has 1 aliphatic heterocycles. The molecule has 1 amide bonds. The topological polar surface area (TPSA) is 97.0 Å². The van der Waals surface area contributed by atoms with Crippen molar-refractivity contribution in [3.63, 3.8) is 0 Å². The maximum Gasteiger partial charge on any atom is 0.251 e. The van der Waals surface area contributed by atoms with E-state index in [1.54, 1.807) is 12.1 Å². The van der Waals surface area contributed by atoms with Crippen LogP contribution in [-0.2, 0) is 19.6 Å². The van der Waals surface area contributed by atoms with Gasteiger partial charge in [-0.15, -0.1) is 0 Å². The Morgan fingerprint density at radius 1 is 0.971 bits per heavy atom. The maximum absolute atomic E-state index is 13.4. The zero-order valence-electron chi connectivity index (χ0n) is 19.7. The number of nitrogens with one attached hydrogen (secondary N) is 2. The zero-order chi connectivity index (χ0) is 24.8. The lowest BCUT2D eigenvalue weighted by atomic mass is 10.1. The van der Waals surface area contributed by atoms with E-state index in [0.717, 1.165) is 11.1 Å². The highest BCUT2D eigenvalue weighted by Crippen LogP contribution is 2.32. The van der Waals surface area contributed by atoms with E-state index in [4.69, 9.17) is 9.47 Å². The van der Waals surface area contributed by atoms with Crippen molar-refractivity contribution < 1.29 is 22.7 Å². The number of anilines is 2. The van der Waals surface area contributed by atoms with Crippen LogP contribution in [-0.4, -0.2) is 52.0 Å². The van der Waals surface area contributed by atoms with E-state index < -0.39 is 16.1 Å². The Bertz CT molecular complexity index is 1260. The average molecular weight is 496 g/mol. The molecule has 4 rings (SSSR count). The van der Waals surface area contributed by atoms with Gasteiger partial charge in [-0.2, -0.15) is 4.31 Å². The van der Waals surface area contributed by atoms with Gasteiger partial charge in [-0.1, -0.05) is 48.0 Å². The van der Waals surface area contributed by atoms with Crippen LogP contribution in [0.25, 0.3) is 0 Å². The third kappa shape index (κ3) is 5.82. The Hall–Kier alpha value is -3.40. The van der Waals surface area contributed by atoms with Gasteiger partial charge < -0.3 is 20.1 Å². The molecule has 1 heterocycles. The summed E-state index contributed by atoms with van der Waals surface area (Å²) in [6, 6.07) is 20.9. The number of amides is 1. The lowest BCUT2D eigenvalue weighted by Crippen LogP contribution is -2.40. The van der Waals surface area contributed by atoms with Gasteiger partial charge in [0.05, 0.1) is 20.3 Å². The second-order valence-corrected chi connectivity index (χ2v) is 10.1. The van der Waals surface area contributed by atoms with E-state index in [9.17, 15) is 13.2 Å². The predicted octanol–water partition coefficient (Wildman–Crippen LogP) is 3.82. The quantitative estimate of drug-likeness (QED) is 0.493. The lowest BCUT2D eigenvalue weighted by Gasteiger charge is -2.27. The van der Waals surface area contributed by atoms with Crippen LogP contribution in [0.2, 0.25) is 0 Å². The van der Waals surface area contributed by atoms with Gasteiger partial charge in [0.1, 0.15) is 16.7 Å². The number of ether oxygens (including phenoxy) is 2. The largest absolute Gasteiger partial charge is 0.495 e. The molecule has 1 fully saturated rings. The van der Waals surface area contributed by atoms with Crippen LogP contribution >= 0.6 is 0 Å². The van der Waals surface area contributed by atoms with Crippen molar-refractivity contribution in [1.82, 2.24) is 4.31 Å². The van der Waals surface area contributed by atoms with E-state index in [1.165, 1.54) is 17.5 Å². The summed E-state index contributed by atoms with van der Waals surface area (Å²) in [7, 11) is -2.38. The Morgan fingerprint density at radius 3 is 2.29 bits per heavy atom. The minimum Gasteiger partial charge on any atom is -0.495 e. The molecule has 184 valence electrons. The van der Waals surface area contributed by atoms with Gasteiger partial charge in [-0.25, -0.2) is 8.42 Å². The van der Waals surface area contributed by atoms with Crippen LogP contribution in [0.1, 0.15) is 17.2 Å². The van der Waals surface area contributed by atoms with Crippen molar-refractivity contribution in [2.45, 2.75) is 17.9 Å². The summed E-state index contributed by atoms with van der Waals surface area (Å²) >= 11 is 0. The normalized spacial score (nSPS) is 15.3. The fourth-order valence-electron chi connectivity index (χ4n) is 3.86. The fourth-order valence-corrected chi connectivity index (χ4v) is 5.45. The highest BCUT2D eigenvalue weighted by atomic mass is 32.2. The monoisotopic (exact) mass is 495 g/mol. The molecule has 35 heavy (non-hydrogen) atoms. The molecule has 9 heteroatoms. The van der Waals surface area contributed by atoms with Crippen molar-refractivity contribution in [2.75, 3.05) is 44.0 Å². The van der Waals surface area contributed by atoms with E-state index in [-0.39, 0.29) is 29.6 Å². The van der Waals surface area contributed by atoms with Crippen molar-refractivity contribution in [2.24, 2.45) is 0 Å². The summed E-state index contributed by atoms with van der Waals surface area (Å²) in [5.41, 5.74) is 2.98. The number of morpholine rings is 1. The lowest BCUT2D eigenvalue weighted by molar-refractivity contribution is -0.117. The van der Waals surface area contributed by atoms with Gasteiger partial charge in [0.2, 0.25) is 10.0 Å². The second kappa shape index (κ2) is 10.9. The predicted molar refractivity (Wildman–Crippen MR) is 135 cm³/mol. The summed E-state index contributed by atoms with van der Waals surface area (Å²) in [4.78, 5) is 13.4. The first-order valence-electron chi connectivity index (χ1n) is 11.3. The van der Waals surface area contributed by atoms with Crippen LogP contribution in [0.4, 0.5) is 11.4 Å². The molecule has 0 unspecified atom stereocenters. The standard InChI is InChI=1S/C26H29N3O5S/c1-19-8-10-21(11-9-19)28-26(30)25(20-6-4-3-5-7-20)27-22-12-13-23(33-2)24(18-22)35(31,32)29-14-16-34-17-15-29/h3-13,18,25,27H,14-17H2,1-2H3,(H,28,30)/t25-/m1/s1. The summed E-state index contributed by atoms with van der Waals surface area (Å²) in [6.07, 6.45) is 0. The first-order chi connectivity index (χ1) is 16.9. The van der Waals surface area contributed by atoms with Gasteiger partial charge in [-0.3, -0.25) is 4.79 Å². The molecule has 3 aromatic carbocycles. The van der Waals surface area contributed by atoms with Crippen LogP contribution in [0.5, 0.6) is 5.75 Å². The third-order valence-electron chi connectivity index (χ3n) is 5.78. The first kappa shape index (κ1) is 24.7. The van der Waals surface area contributed by atoms with E-state index >= 15 is 0 Å². The summed E-state index contributed by atoms with van der Waals surface area (Å²) in [6.45, 7) is 3.21. The number of rotatable bonds is 8. The highest BCUT2D eigenvalue weighted by Gasteiger charge is 2.30. The number of methoxy groups -OCH3 is 1. The molecular weight excluding hydrogens is 466 g/mol. The Labute approximate surface area is 205 Å². The van der Waals surface area contributed by atoms with Crippen molar-refractivity contribution >= 4 is 27.3 Å². The number of carbonyl (C=O) groups excluding carboxylic acids is 1. The highest BCUT2D eigenvalue weighted by molar-refractivity contribution is 7.89. The Morgan fingerprint density at radius 2 is 1.63 bits per heavy atom. The number of carbonyl (C=O) groups is 1. The molecule has 2 N–H and O–H groups in total. The number of sulfonamides is 1. The third-order valence-corrected chi connectivity index (χ3v) is 7.70. The van der Waals surface area contributed by atoms with Gasteiger partial charge in [0.25, 0.3) is 5.91 Å². The molecule has 1 atom stereocenters. The number of benzene rings is 3. The smallest absolute Gasteiger partial charge is 0.251 e. The number of hydrogen-bond donors (Lipinski definition) is 2. The van der Waals surface area contributed by atoms with Gasteiger partial charge in [0.15, 0.2) is 0 Å². The SMILES string of the molecule is COc1ccc(N[C@@H](C(=O)Nc2ccc(C)cc2)c2ccccc2)cc1S(=O)(=O)N1CCOCC1. The number of hydrogen-bond acceptors (Lipinski definition) is 6. The summed E-state index contributed by atoms with van der Waals surface area (Å²) < 4.78 is 38.8. The fraction of sp³-hybridized carbons (Fsp3) is 0.269. The molecule has 8 nitrogen and oxygen atoms in total. The molecular formula is C26H29N3O5S. The Kier molecular flexibility index (Phi) is 7.70. The average Bonchev–Trinajstić information content (AvgIpc) is 2.89. The summed E-state index contributed by atoms with van der Waals surface area (Å²) in [5, 5.41) is 6.16. The second-order valence-electron chi connectivity index (χ2n) is 8.23. The molecule has 0 spiro atoms. The van der Waals surface area contributed by atoms with Crippen molar-refractivity contribution in [3.8, 4) is 5.75 Å². The molecule has 1 saturated heterocycles. The molecule has 0 bridgehead atoms. The van der Waals surface area contributed by atoms with Crippen LogP contribution in [0, 0.1) is 6.92 Å². The molecule has 0 aromatic heterocycles. The van der Waals surface area contributed by atoms with E-state index in [0.29, 0.717) is 24.6 Å². The molecule has 0 aliphatic carbocycles. The minimum atomic E-state index is -3.81. The van der Waals surface area contributed by atoms with Crippen molar-refractivity contribution in [1.29, 1.82) is 0 Å². The number of nitrogens with zero attached hydrogens (tertiary/aromatic N) is 1. The zero-order valence-corrected chi connectivity index (χ0v) is 20.5. The van der Waals surface area contributed by atoms with Gasteiger partial charge in [0, 0.05) is 24.5 Å². The molecule has 0 radical (unpaired) electrons. The van der Waals surface area contributed by atoms with Crippen molar-refractivity contribution in [3.05, 3.63) is 83.9 Å². The maximum atomic E-state index is 13.4. The minimum absolute atomic E-state index is 0.0395. The van der Waals surface area contributed by atoms with Gasteiger partial charge in [-0.05, 0) is 42.8 Å². The molecule has 0 saturated carbocycles. The first-order valence-corrected chi connectivity index (χ1v) is 12.8. The van der Waals surface area contributed by atoms with Crippen LogP contribution in [0.3, 0.4) is 0 Å². The Balaban J connectivity index is 1.65. The van der Waals surface area contributed by atoms with E-state index in [1.807, 2.05) is 61.5 Å². The number of aryl methyl sites for hydroxylation is 1. The van der Waals surface area contributed by atoms with Gasteiger partial charge >= 0.3 is 0 Å². The molecule has 1 aliphatic rings. The summed E-state index contributed by atoms with van der Waals surface area (Å²) in [5.74, 6) is -0.0316. The molecule has 3 aromatic rings. The van der Waals surface area contributed by atoms with Crippen LogP contribution in [0.15, 0.2) is 77.7 Å².